The molecule has 0 fully saturated rings. The molecule has 1 amide bonds. The zero-order valence-electron chi connectivity index (χ0n) is 16.9. The Balaban J connectivity index is 2.00. The van der Waals surface area contributed by atoms with Gasteiger partial charge < -0.3 is 14.8 Å². The summed E-state index contributed by atoms with van der Waals surface area (Å²) in [5.41, 5.74) is 0.568. The number of methoxy groups -OCH3 is 2. The van der Waals surface area contributed by atoms with E-state index in [2.05, 4.69) is 5.32 Å². The first kappa shape index (κ1) is 22.1. The van der Waals surface area contributed by atoms with Crippen LogP contribution in [0.1, 0.15) is 0 Å². The number of hydrogen-bond donors (Lipinski definition) is 1. The molecule has 9 heteroatoms. The van der Waals surface area contributed by atoms with E-state index in [0.717, 1.165) is 28.6 Å². The van der Waals surface area contributed by atoms with Gasteiger partial charge >= 0.3 is 0 Å². The second-order valence-electron chi connectivity index (χ2n) is 6.39. The van der Waals surface area contributed by atoms with Crippen molar-refractivity contribution in [1.82, 2.24) is 0 Å². The summed E-state index contributed by atoms with van der Waals surface area (Å²) in [5, 5.41) is 2.66. The smallest absolute Gasteiger partial charge is 0.264 e. The zero-order chi connectivity index (χ0) is 22.4. The van der Waals surface area contributed by atoms with Crippen molar-refractivity contribution < 1.29 is 27.1 Å². The minimum absolute atomic E-state index is 0.162. The normalized spacial score (nSPS) is 10.9. The summed E-state index contributed by atoms with van der Waals surface area (Å²) in [7, 11) is -1.35. The quantitative estimate of drug-likeness (QED) is 0.573. The largest absolute Gasteiger partial charge is 0.495 e. The lowest BCUT2D eigenvalue weighted by Crippen LogP contribution is -2.38. The molecule has 0 saturated carbocycles. The van der Waals surface area contributed by atoms with Crippen molar-refractivity contribution in [2.24, 2.45) is 0 Å². The van der Waals surface area contributed by atoms with Gasteiger partial charge in [0, 0.05) is 0 Å². The first-order chi connectivity index (χ1) is 14.9. The van der Waals surface area contributed by atoms with E-state index in [4.69, 9.17) is 9.47 Å². The number of para-hydroxylation sites is 4. The molecule has 3 aromatic rings. The van der Waals surface area contributed by atoms with Crippen LogP contribution in [0.2, 0.25) is 0 Å². The Kier molecular flexibility index (Phi) is 6.76. The van der Waals surface area contributed by atoms with E-state index in [-0.39, 0.29) is 16.3 Å². The molecule has 0 aliphatic carbocycles. The minimum Gasteiger partial charge on any atom is -0.495 e. The molecule has 0 atom stereocenters. The number of nitrogens with zero attached hydrogens (tertiary/aromatic N) is 1. The van der Waals surface area contributed by atoms with E-state index >= 15 is 0 Å². The van der Waals surface area contributed by atoms with Crippen LogP contribution in [0.3, 0.4) is 0 Å². The fourth-order valence-electron chi connectivity index (χ4n) is 2.94. The summed E-state index contributed by atoms with van der Waals surface area (Å²) in [6.07, 6.45) is 0. The molecule has 0 spiro atoms. The van der Waals surface area contributed by atoms with Gasteiger partial charge in [-0.3, -0.25) is 9.10 Å². The average Bonchev–Trinajstić information content (AvgIpc) is 2.78. The molecule has 0 heterocycles. The molecule has 0 unspecified atom stereocenters. The Morgan fingerprint density at radius 1 is 0.903 bits per heavy atom. The maximum absolute atomic E-state index is 13.4. The highest BCUT2D eigenvalue weighted by Gasteiger charge is 2.29. The first-order valence-electron chi connectivity index (χ1n) is 9.21. The maximum atomic E-state index is 13.4. The molecule has 0 aliphatic heterocycles. The molecule has 3 aromatic carbocycles. The number of sulfonamides is 1. The van der Waals surface area contributed by atoms with Gasteiger partial charge in [-0.15, -0.1) is 0 Å². The third-order valence-electron chi connectivity index (χ3n) is 4.42. The first-order valence-corrected chi connectivity index (χ1v) is 10.6. The van der Waals surface area contributed by atoms with Gasteiger partial charge in [-0.1, -0.05) is 24.3 Å². The van der Waals surface area contributed by atoms with Crippen molar-refractivity contribution in [3.63, 3.8) is 0 Å². The van der Waals surface area contributed by atoms with Crippen LogP contribution < -0.4 is 19.1 Å². The minimum atomic E-state index is -4.21. The maximum Gasteiger partial charge on any atom is 0.264 e. The zero-order valence-corrected chi connectivity index (χ0v) is 17.7. The fraction of sp³-hybridized carbons (Fsp3) is 0.136. The number of rotatable bonds is 8. The van der Waals surface area contributed by atoms with Crippen LogP contribution in [-0.2, 0) is 14.8 Å². The third-order valence-corrected chi connectivity index (χ3v) is 6.20. The van der Waals surface area contributed by atoms with Gasteiger partial charge in [0.15, 0.2) is 0 Å². The standard InChI is InChI=1S/C22H21FN2O5S/c1-29-20-9-5-3-7-18(20)24-22(26)15-25(19-8-4-6-10-21(19)30-2)31(27,28)17-13-11-16(23)12-14-17/h3-14H,15H2,1-2H3,(H,24,26). The van der Waals surface area contributed by atoms with E-state index in [1.54, 1.807) is 42.5 Å². The number of ether oxygens (including phenoxy) is 2. The van der Waals surface area contributed by atoms with Crippen LogP contribution in [0.15, 0.2) is 77.7 Å². The molecule has 3 rings (SSSR count). The topological polar surface area (TPSA) is 84.9 Å². The van der Waals surface area contributed by atoms with Crippen molar-refractivity contribution in [2.75, 3.05) is 30.4 Å². The lowest BCUT2D eigenvalue weighted by atomic mass is 10.2. The number of halogens is 1. The van der Waals surface area contributed by atoms with E-state index in [9.17, 15) is 17.6 Å². The van der Waals surface area contributed by atoms with Gasteiger partial charge in [-0.2, -0.15) is 0 Å². The number of amides is 1. The summed E-state index contributed by atoms with van der Waals surface area (Å²) in [6.45, 7) is -0.544. The van der Waals surface area contributed by atoms with Crippen LogP contribution in [0.25, 0.3) is 0 Å². The highest BCUT2D eigenvalue weighted by atomic mass is 32.2. The van der Waals surface area contributed by atoms with Gasteiger partial charge in [-0.25, -0.2) is 12.8 Å². The van der Waals surface area contributed by atoms with Gasteiger partial charge in [-0.05, 0) is 48.5 Å². The Labute approximate surface area is 180 Å². The molecule has 162 valence electrons. The van der Waals surface area contributed by atoms with Gasteiger partial charge in [0.2, 0.25) is 5.91 Å². The molecule has 0 saturated heterocycles. The second kappa shape index (κ2) is 9.48. The summed E-state index contributed by atoms with van der Waals surface area (Å²) in [4.78, 5) is 12.7. The van der Waals surface area contributed by atoms with Gasteiger partial charge in [0.25, 0.3) is 10.0 Å². The van der Waals surface area contributed by atoms with E-state index < -0.39 is 28.3 Å². The third kappa shape index (κ3) is 4.95. The van der Waals surface area contributed by atoms with Crippen molar-refractivity contribution in [3.8, 4) is 11.5 Å². The number of carbonyl (C=O) groups is 1. The molecule has 0 aliphatic rings. The Morgan fingerprint density at radius 2 is 1.48 bits per heavy atom. The highest BCUT2D eigenvalue weighted by Crippen LogP contribution is 2.32. The lowest BCUT2D eigenvalue weighted by Gasteiger charge is -2.25. The monoisotopic (exact) mass is 444 g/mol. The molecule has 0 aromatic heterocycles. The number of nitrogens with one attached hydrogen (secondary N) is 1. The molecular formula is C22H21FN2O5S. The number of hydrogen-bond acceptors (Lipinski definition) is 5. The van der Waals surface area contributed by atoms with Crippen LogP contribution >= 0.6 is 0 Å². The molecule has 7 nitrogen and oxygen atoms in total. The van der Waals surface area contributed by atoms with Gasteiger partial charge in [0.05, 0.1) is 30.5 Å². The van der Waals surface area contributed by atoms with E-state index in [1.165, 1.54) is 20.3 Å². The van der Waals surface area contributed by atoms with Crippen molar-refractivity contribution in [3.05, 3.63) is 78.6 Å². The summed E-state index contributed by atoms with van der Waals surface area (Å²) in [6, 6.07) is 17.6. The Hall–Kier alpha value is -3.59. The van der Waals surface area contributed by atoms with Crippen LogP contribution in [0.5, 0.6) is 11.5 Å². The van der Waals surface area contributed by atoms with E-state index in [0.29, 0.717) is 11.4 Å². The summed E-state index contributed by atoms with van der Waals surface area (Å²) < 4.78 is 51.5. The van der Waals surface area contributed by atoms with Gasteiger partial charge in [0.1, 0.15) is 23.9 Å². The van der Waals surface area contributed by atoms with Crippen molar-refractivity contribution in [2.45, 2.75) is 4.90 Å². The number of anilines is 2. The summed E-state index contributed by atoms with van der Waals surface area (Å²) in [5.74, 6) is -0.475. The summed E-state index contributed by atoms with van der Waals surface area (Å²) >= 11 is 0. The molecule has 1 N–H and O–H groups in total. The second-order valence-corrected chi connectivity index (χ2v) is 8.25. The Bertz CT molecular complexity index is 1170. The van der Waals surface area contributed by atoms with Crippen LogP contribution in [0.4, 0.5) is 15.8 Å². The predicted octanol–water partition coefficient (Wildman–Crippen LogP) is 3.68. The Morgan fingerprint density at radius 3 is 2.13 bits per heavy atom. The average molecular weight is 444 g/mol. The molecule has 0 bridgehead atoms. The van der Waals surface area contributed by atoms with Crippen molar-refractivity contribution in [1.29, 1.82) is 0 Å². The molecular weight excluding hydrogens is 423 g/mol. The van der Waals surface area contributed by atoms with Crippen molar-refractivity contribution >= 4 is 27.3 Å². The SMILES string of the molecule is COc1ccccc1NC(=O)CN(c1ccccc1OC)S(=O)(=O)c1ccc(F)cc1. The number of carbonyl (C=O) groups excluding carboxylic acids is 1. The highest BCUT2D eigenvalue weighted by molar-refractivity contribution is 7.92. The predicted molar refractivity (Wildman–Crippen MR) is 116 cm³/mol. The van der Waals surface area contributed by atoms with Crippen LogP contribution in [0, 0.1) is 5.82 Å². The molecule has 0 radical (unpaired) electrons. The molecule has 31 heavy (non-hydrogen) atoms. The van der Waals surface area contributed by atoms with Crippen LogP contribution in [-0.4, -0.2) is 35.1 Å². The fourth-order valence-corrected chi connectivity index (χ4v) is 4.37. The number of benzene rings is 3. The lowest BCUT2D eigenvalue weighted by molar-refractivity contribution is -0.114. The van der Waals surface area contributed by atoms with E-state index in [1.807, 2.05) is 0 Å².